The molecule has 0 bridgehead atoms. The van der Waals surface area contributed by atoms with Crippen molar-refractivity contribution in [3.05, 3.63) is 35.0 Å². The number of carbonyl (C=O) groups excluding carboxylic acids is 1. The molecule has 25 heavy (non-hydrogen) atoms. The minimum absolute atomic E-state index is 0.117. The first kappa shape index (κ1) is 17.5. The summed E-state index contributed by atoms with van der Waals surface area (Å²) in [4.78, 5) is 29.7. The first-order valence-corrected chi connectivity index (χ1v) is 8.41. The molecule has 0 radical (unpaired) electrons. The Morgan fingerprint density at radius 2 is 2.08 bits per heavy atom. The van der Waals surface area contributed by atoms with Gasteiger partial charge in [0.1, 0.15) is 11.5 Å². The third-order valence-electron chi connectivity index (χ3n) is 4.65. The van der Waals surface area contributed by atoms with Crippen LogP contribution in [0.15, 0.2) is 10.6 Å². The molecule has 0 N–H and O–H groups in total. The van der Waals surface area contributed by atoms with Crippen molar-refractivity contribution >= 4 is 5.91 Å². The standard InChI is InChI=1S/C17H24N6O2/c1-11-9-13(15(24)22(4)5)20-16(18-11)17(3)7-6-8-23(17)10-14-19-12(2)25-21-14/h9H,6-8,10H2,1-5H3/t17-/m1/s1. The molecule has 1 saturated heterocycles. The Balaban J connectivity index is 1.94. The van der Waals surface area contributed by atoms with Gasteiger partial charge in [-0.15, -0.1) is 0 Å². The second kappa shape index (κ2) is 6.51. The summed E-state index contributed by atoms with van der Waals surface area (Å²) in [5, 5.41) is 4.00. The lowest BCUT2D eigenvalue weighted by molar-refractivity contribution is 0.0818. The average Bonchev–Trinajstić information content (AvgIpc) is 3.13. The Morgan fingerprint density at radius 3 is 2.72 bits per heavy atom. The number of rotatable bonds is 4. The molecule has 0 saturated carbocycles. The van der Waals surface area contributed by atoms with E-state index in [4.69, 9.17) is 4.52 Å². The third kappa shape index (κ3) is 3.39. The van der Waals surface area contributed by atoms with Gasteiger partial charge in [0.15, 0.2) is 5.82 Å². The molecular weight excluding hydrogens is 320 g/mol. The van der Waals surface area contributed by atoms with E-state index < -0.39 is 0 Å². The predicted octanol–water partition coefficient (Wildman–Crippen LogP) is 1.69. The first-order valence-electron chi connectivity index (χ1n) is 8.41. The first-order chi connectivity index (χ1) is 11.8. The Bertz CT molecular complexity index is 787. The number of hydrogen-bond acceptors (Lipinski definition) is 7. The molecule has 134 valence electrons. The summed E-state index contributed by atoms with van der Waals surface area (Å²) in [6.07, 6.45) is 1.95. The summed E-state index contributed by atoms with van der Waals surface area (Å²) in [6, 6.07) is 1.73. The van der Waals surface area contributed by atoms with Crippen LogP contribution in [0.4, 0.5) is 0 Å². The van der Waals surface area contributed by atoms with E-state index in [0.29, 0.717) is 29.8 Å². The minimum Gasteiger partial charge on any atom is -0.343 e. The fourth-order valence-corrected chi connectivity index (χ4v) is 3.25. The van der Waals surface area contributed by atoms with Crippen molar-refractivity contribution in [1.82, 2.24) is 29.9 Å². The zero-order chi connectivity index (χ0) is 18.2. The van der Waals surface area contributed by atoms with Gasteiger partial charge in [0, 0.05) is 26.7 Å². The van der Waals surface area contributed by atoms with Crippen LogP contribution >= 0.6 is 0 Å². The molecule has 2 aromatic heterocycles. The molecule has 8 nitrogen and oxygen atoms in total. The number of nitrogens with zero attached hydrogens (tertiary/aromatic N) is 6. The molecular formula is C17H24N6O2. The second-order valence-corrected chi connectivity index (χ2v) is 6.95. The van der Waals surface area contributed by atoms with Crippen molar-refractivity contribution < 1.29 is 9.32 Å². The van der Waals surface area contributed by atoms with Crippen LogP contribution in [0, 0.1) is 13.8 Å². The number of aryl methyl sites for hydroxylation is 2. The van der Waals surface area contributed by atoms with E-state index in [1.165, 1.54) is 4.90 Å². The van der Waals surface area contributed by atoms with E-state index in [9.17, 15) is 4.79 Å². The number of hydrogen-bond donors (Lipinski definition) is 0. The summed E-state index contributed by atoms with van der Waals surface area (Å²) in [7, 11) is 3.45. The molecule has 8 heteroatoms. The van der Waals surface area contributed by atoms with Crippen molar-refractivity contribution in [2.24, 2.45) is 0 Å². The normalized spacial score (nSPS) is 20.8. The van der Waals surface area contributed by atoms with E-state index in [0.717, 1.165) is 25.1 Å². The van der Waals surface area contributed by atoms with Crippen LogP contribution in [0.5, 0.6) is 0 Å². The molecule has 3 heterocycles. The average molecular weight is 344 g/mol. The fourth-order valence-electron chi connectivity index (χ4n) is 3.25. The summed E-state index contributed by atoms with van der Waals surface area (Å²) < 4.78 is 5.08. The minimum atomic E-state index is -0.359. The van der Waals surface area contributed by atoms with Crippen LogP contribution in [0.25, 0.3) is 0 Å². The SMILES string of the molecule is Cc1cc(C(=O)N(C)C)nc([C@@]2(C)CCCN2Cc2noc(C)n2)n1. The topological polar surface area (TPSA) is 88.3 Å². The Labute approximate surface area is 147 Å². The van der Waals surface area contributed by atoms with E-state index >= 15 is 0 Å². The molecule has 0 aliphatic carbocycles. The van der Waals surface area contributed by atoms with Gasteiger partial charge in [-0.2, -0.15) is 4.98 Å². The highest BCUT2D eigenvalue weighted by Gasteiger charge is 2.41. The van der Waals surface area contributed by atoms with Crippen molar-refractivity contribution in [2.75, 3.05) is 20.6 Å². The van der Waals surface area contributed by atoms with Crippen LogP contribution in [-0.4, -0.2) is 56.5 Å². The molecule has 3 rings (SSSR count). The van der Waals surface area contributed by atoms with Gasteiger partial charge in [-0.25, -0.2) is 9.97 Å². The molecule has 1 fully saturated rings. The van der Waals surface area contributed by atoms with Crippen LogP contribution in [0.1, 0.15) is 53.5 Å². The molecule has 0 spiro atoms. The lowest BCUT2D eigenvalue weighted by atomic mass is 9.97. The molecule has 0 unspecified atom stereocenters. The van der Waals surface area contributed by atoms with Crippen LogP contribution in [0.3, 0.4) is 0 Å². The highest BCUT2D eigenvalue weighted by molar-refractivity contribution is 5.92. The van der Waals surface area contributed by atoms with Crippen molar-refractivity contribution in [1.29, 1.82) is 0 Å². The van der Waals surface area contributed by atoms with E-state index in [1.807, 2.05) is 6.92 Å². The number of amides is 1. The monoisotopic (exact) mass is 344 g/mol. The lowest BCUT2D eigenvalue weighted by Gasteiger charge is -2.33. The van der Waals surface area contributed by atoms with Gasteiger partial charge in [-0.3, -0.25) is 9.69 Å². The van der Waals surface area contributed by atoms with Crippen LogP contribution in [0.2, 0.25) is 0 Å². The predicted molar refractivity (Wildman–Crippen MR) is 90.8 cm³/mol. The maximum atomic E-state index is 12.3. The van der Waals surface area contributed by atoms with Crippen LogP contribution in [-0.2, 0) is 12.1 Å². The van der Waals surface area contributed by atoms with Gasteiger partial charge < -0.3 is 9.42 Å². The molecule has 2 aromatic rings. The fraction of sp³-hybridized carbons (Fsp3) is 0.588. The lowest BCUT2D eigenvalue weighted by Crippen LogP contribution is -2.40. The van der Waals surface area contributed by atoms with Crippen molar-refractivity contribution in [2.45, 2.75) is 45.7 Å². The highest BCUT2D eigenvalue weighted by atomic mass is 16.5. The highest BCUT2D eigenvalue weighted by Crippen LogP contribution is 2.37. The Morgan fingerprint density at radius 1 is 1.32 bits per heavy atom. The quantitative estimate of drug-likeness (QED) is 0.834. The number of aromatic nitrogens is 4. The van der Waals surface area contributed by atoms with Crippen molar-refractivity contribution in [3.63, 3.8) is 0 Å². The smallest absolute Gasteiger partial charge is 0.272 e. The summed E-state index contributed by atoms with van der Waals surface area (Å²) >= 11 is 0. The maximum Gasteiger partial charge on any atom is 0.272 e. The summed E-state index contributed by atoms with van der Waals surface area (Å²) in [5.74, 6) is 1.77. The van der Waals surface area contributed by atoms with Crippen molar-refractivity contribution in [3.8, 4) is 0 Å². The molecule has 1 aliphatic heterocycles. The van der Waals surface area contributed by atoms with Gasteiger partial charge in [-0.05, 0) is 39.3 Å². The summed E-state index contributed by atoms with van der Waals surface area (Å²) in [6.45, 7) is 7.26. The zero-order valence-corrected chi connectivity index (χ0v) is 15.4. The molecule has 1 aliphatic rings. The van der Waals surface area contributed by atoms with Crippen LogP contribution < -0.4 is 0 Å². The Hall–Kier alpha value is -2.35. The number of likely N-dealkylation sites (tertiary alicyclic amines) is 1. The van der Waals surface area contributed by atoms with E-state index in [1.54, 1.807) is 27.1 Å². The molecule has 1 atom stereocenters. The Kier molecular flexibility index (Phi) is 4.55. The zero-order valence-electron chi connectivity index (χ0n) is 15.4. The summed E-state index contributed by atoms with van der Waals surface area (Å²) in [5.41, 5.74) is 0.858. The van der Waals surface area contributed by atoms with Gasteiger partial charge in [0.05, 0.1) is 12.1 Å². The number of carbonyl (C=O) groups is 1. The van der Waals surface area contributed by atoms with Gasteiger partial charge >= 0.3 is 0 Å². The van der Waals surface area contributed by atoms with E-state index in [-0.39, 0.29) is 11.4 Å². The molecule has 1 amide bonds. The van der Waals surface area contributed by atoms with E-state index in [2.05, 4.69) is 31.9 Å². The largest absolute Gasteiger partial charge is 0.343 e. The maximum absolute atomic E-state index is 12.3. The molecule has 0 aromatic carbocycles. The van der Waals surface area contributed by atoms with Gasteiger partial charge in [-0.1, -0.05) is 5.16 Å². The third-order valence-corrected chi connectivity index (χ3v) is 4.65. The van der Waals surface area contributed by atoms with Gasteiger partial charge in [0.2, 0.25) is 5.89 Å². The van der Waals surface area contributed by atoms with Gasteiger partial charge in [0.25, 0.3) is 5.91 Å². The second-order valence-electron chi connectivity index (χ2n) is 6.95.